The summed E-state index contributed by atoms with van der Waals surface area (Å²) in [7, 11) is 0. The highest BCUT2D eigenvalue weighted by atomic mass is 32.2. The summed E-state index contributed by atoms with van der Waals surface area (Å²) in [4.78, 5) is 109. The minimum atomic E-state index is -1.47. The van der Waals surface area contributed by atoms with Crippen LogP contribution in [0.2, 0.25) is 0 Å². The molecule has 0 aliphatic carbocycles. The molecule has 0 amide bonds. The number of carbonyl (C=O) groups excluding carboxylic acids is 8. The van der Waals surface area contributed by atoms with Gasteiger partial charge in [-0.05, 0) is 166 Å². The number of hydrogen-bond donors (Lipinski definition) is 0. The molecule has 2 aliphatic rings. The van der Waals surface area contributed by atoms with Crippen LogP contribution in [0.25, 0.3) is 0 Å². The molecule has 0 saturated carbocycles. The lowest BCUT2D eigenvalue weighted by Crippen LogP contribution is -2.63. The van der Waals surface area contributed by atoms with Gasteiger partial charge in [-0.15, -0.1) is 23.5 Å². The first-order valence-corrected chi connectivity index (χ1v) is 27.3. The molecule has 2 fully saturated rings. The first-order valence-electron chi connectivity index (χ1n) is 25.2. The van der Waals surface area contributed by atoms with Crippen molar-refractivity contribution in [3.63, 3.8) is 0 Å². The Balaban J connectivity index is 2.85. The summed E-state index contributed by atoms with van der Waals surface area (Å²) in [5, 5.41) is 0. The van der Waals surface area contributed by atoms with Crippen LogP contribution in [-0.2, 0) is 85.7 Å². The van der Waals surface area contributed by atoms with Crippen molar-refractivity contribution in [2.24, 2.45) is 43.3 Å². The van der Waals surface area contributed by atoms with Crippen LogP contribution < -0.4 is 0 Å². The van der Waals surface area contributed by atoms with E-state index in [1.54, 1.807) is 166 Å². The fourth-order valence-electron chi connectivity index (χ4n) is 5.98. The van der Waals surface area contributed by atoms with Gasteiger partial charge in [0.25, 0.3) is 0 Å². The first kappa shape index (κ1) is 66.5. The van der Waals surface area contributed by atoms with Gasteiger partial charge in [0.2, 0.25) is 0 Å². The van der Waals surface area contributed by atoms with E-state index in [0.717, 1.165) is 23.5 Å². The van der Waals surface area contributed by atoms with E-state index in [1.807, 2.05) is 0 Å². The summed E-state index contributed by atoms with van der Waals surface area (Å²) in [6.45, 7) is 38.6. The Morgan fingerprint density at radius 2 is 0.486 bits per heavy atom. The van der Waals surface area contributed by atoms with E-state index in [9.17, 15) is 38.4 Å². The predicted octanol–water partition coefficient (Wildman–Crippen LogP) is 8.83. The largest absolute Gasteiger partial charge is 0.462 e. The lowest BCUT2D eigenvalue weighted by Gasteiger charge is -2.46. The van der Waals surface area contributed by atoms with Gasteiger partial charge in [-0.25, -0.2) is 0 Å². The molecule has 2 rings (SSSR count). The van der Waals surface area contributed by atoms with Crippen molar-refractivity contribution in [2.75, 3.05) is 24.7 Å². The molecule has 10 atom stereocenters. The topological polar surface area (TPSA) is 229 Å². The van der Waals surface area contributed by atoms with Crippen LogP contribution in [0.15, 0.2) is 0 Å². The van der Waals surface area contributed by atoms with Gasteiger partial charge in [0.15, 0.2) is 36.6 Å². The normalized spacial score (nSPS) is 25.4. The zero-order chi connectivity index (χ0) is 57.7. The SMILES string of the molecule is CC(C)(C)C(=O)OC[C@H]1O[C@@H](SCCS[C@@H]2O[C@H](COC(=O)C(C)(C)C)[C@@H](OC(=O)C(C)(C)C)[C@H](OC(=O)C(C)(C)C)[C@H]2OC(=O)C(C)(C)C)[C@H](OC(=O)C(C)(C)C)[C@@H](OC(=O)C(C)(C)C)[C@@H]1OC(=O)C(C)(C)C. The molecule has 2 heterocycles. The molecule has 0 unspecified atom stereocenters. The smallest absolute Gasteiger partial charge is 0.311 e. The number of thioether (sulfide) groups is 2. The van der Waals surface area contributed by atoms with Gasteiger partial charge in [0, 0.05) is 11.5 Å². The Morgan fingerprint density at radius 3 is 0.689 bits per heavy atom. The molecule has 0 bridgehead atoms. The Morgan fingerprint density at radius 1 is 0.297 bits per heavy atom. The second-order valence-electron chi connectivity index (χ2n) is 27.2. The van der Waals surface area contributed by atoms with Crippen LogP contribution in [-0.4, -0.2) is 132 Å². The van der Waals surface area contributed by atoms with Crippen molar-refractivity contribution < 1.29 is 85.7 Å². The number of rotatable bonds is 15. The van der Waals surface area contributed by atoms with Crippen molar-refractivity contribution >= 4 is 71.3 Å². The monoisotopic (exact) mass is 1090 g/mol. The van der Waals surface area contributed by atoms with Gasteiger partial charge >= 0.3 is 47.8 Å². The zero-order valence-corrected chi connectivity index (χ0v) is 50.4. The minimum Gasteiger partial charge on any atom is -0.462 e. The Kier molecular flexibility index (Phi) is 22.3. The highest BCUT2D eigenvalue weighted by molar-refractivity contribution is 8.03. The van der Waals surface area contributed by atoms with E-state index in [2.05, 4.69) is 0 Å². The summed E-state index contributed by atoms with van der Waals surface area (Å²) in [6, 6.07) is 0. The number of esters is 8. The summed E-state index contributed by atoms with van der Waals surface area (Å²) in [5.41, 5.74) is -10.6. The van der Waals surface area contributed by atoms with E-state index in [1.165, 1.54) is 0 Å². The Labute approximate surface area is 449 Å². The second-order valence-corrected chi connectivity index (χ2v) is 29.7. The molecule has 2 saturated heterocycles. The number of carbonyl (C=O) groups is 8. The highest BCUT2D eigenvalue weighted by Crippen LogP contribution is 2.41. The van der Waals surface area contributed by atoms with Gasteiger partial charge < -0.3 is 47.4 Å². The summed E-state index contributed by atoms with van der Waals surface area (Å²) in [5.74, 6) is -5.04. The standard InChI is InChI=1S/C54H90O18S2/c1-47(2,3)39(55)63-27-29-31(67-41(57)49(7,8)9)33(69-43(59)51(13,14)15)35(71-45(61)53(19,20)21)37(65-29)73-25-26-74-38-36(72-46(62)54(22,23)24)34(70-44(60)52(16,17)18)32(68-42(58)50(10,11)12)30(66-38)28-64-40(56)48(4,5)6/h29-38H,25-28H2,1-24H3/t29-,30-,31-,32-,33+,34+,35-,36-,37+,38+/m1/s1. The molecule has 0 radical (unpaired) electrons. The van der Waals surface area contributed by atoms with E-state index in [-0.39, 0.29) is 11.5 Å². The van der Waals surface area contributed by atoms with Gasteiger partial charge in [-0.1, -0.05) is 0 Å². The second kappa shape index (κ2) is 24.8. The molecular weight excluding hydrogens is 1000 g/mol. The summed E-state index contributed by atoms with van der Waals surface area (Å²) >= 11 is 2.28. The van der Waals surface area contributed by atoms with Crippen molar-refractivity contribution in [1.29, 1.82) is 0 Å². The van der Waals surface area contributed by atoms with E-state index >= 15 is 0 Å². The maximum Gasteiger partial charge on any atom is 0.311 e. The molecular formula is C54H90O18S2. The average molecular weight is 1090 g/mol. The predicted molar refractivity (Wildman–Crippen MR) is 279 cm³/mol. The summed E-state index contributed by atoms with van der Waals surface area (Å²) in [6.07, 6.45) is -11.1. The third-order valence-corrected chi connectivity index (χ3v) is 13.5. The third kappa shape index (κ3) is 19.7. The maximum absolute atomic E-state index is 13.9. The van der Waals surface area contributed by atoms with Crippen LogP contribution >= 0.6 is 23.5 Å². The third-order valence-electron chi connectivity index (χ3n) is 10.9. The van der Waals surface area contributed by atoms with Crippen LogP contribution in [0.3, 0.4) is 0 Å². The van der Waals surface area contributed by atoms with Crippen LogP contribution in [0.5, 0.6) is 0 Å². The lowest BCUT2D eigenvalue weighted by molar-refractivity contribution is -0.246. The maximum atomic E-state index is 13.9. The molecule has 0 aromatic heterocycles. The Bertz CT molecular complexity index is 1850. The molecule has 0 spiro atoms. The molecule has 20 heteroatoms. The fourth-order valence-corrected chi connectivity index (χ4v) is 8.45. The average Bonchev–Trinajstić information content (AvgIpc) is 3.20. The van der Waals surface area contributed by atoms with Crippen LogP contribution in [0, 0.1) is 43.3 Å². The molecule has 0 aromatic carbocycles. The molecule has 18 nitrogen and oxygen atoms in total. The van der Waals surface area contributed by atoms with E-state index in [0.29, 0.717) is 0 Å². The van der Waals surface area contributed by atoms with Gasteiger partial charge in [0.1, 0.15) is 36.3 Å². The van der Waals surface area contributed by atoms with Gasteiger partial charge in [-0.2, -0.15) is 0 Å². The summed E-state index contributed by atoms with van der Waals surface area (Å²) < 4.78 is 61.9. The first-order chi connectivity index (χ1) is 33.1. The number of hydrogen-bond acceptors (Lipinski definition) is 20. The fraction of sp³-hybridized carbons (Fsp3) is 0.852. The molecule has 0 N–H and O–H groups in total. The minimum absolute atomic E-state index is 0.151. The number of ether oxygens (including phenoxy) is 10. The van der Waals surface area contributed by atoms with Gasteiger partial charge in [0.05, 0.1) is 43.3 Å². The van der Waals surface area contributed by atoms with Crippen molar-refractivity contribution in [2.45, 2.75) is 226 Å². The Hall–Kier alpha value is -3.62. The zero-order valence-electron chi connectivity index (χ0n) is 48.8. The van der Waals surface area contributed by atoms with Crippen molar-refractivity contribution in [1.82, 2.24) is 0 Å². The van der Waals surface area contributed by atoms with Crippen LogP contribution in [0.1, 0.15) is 166 Å². The van der Waals surface area contributed by atoms with Crippen molar-refractivity contribution in [3.8, 4) is 0 Å². The molecule has 426 valence electrons. The van der Waals surface area contributed by atoms with E-state index < -0.39 is 164 Å². The van der Waals surface area contributed by atoms with Crippen molar-refractivity contribution in [3.05, 3.63) is 0 Å². The molecule has 2 aliphatic heterocycles. The quantitative estimate of drug-likeness (QED) is 0.0847. The lowest BCUT2D eigenvalue weighted by atomic mass is 9.93. The molecule has 0 aromatic rings. The van der Waals surface area contributed by atoms with E-state index in [4.69, 9.17) is 47.4 Å². The van der Waals surface area contributed by atoms with Gasteiger partial charge in [-0.3, -0.25) is 38.4 Å². The van der Waals surface area contributed by atoms with Crippen LogP contribution in [0.4, 0.5) is 0 Å². The molecule has 74 heavy (non-hydrogen) atoms. The highest BCUT2D eigenvalue weighted by Gasteiger charge is 2.57.